The second kappa shape index (κ2) is 9.90. The molecule has 0 amide bonds. The number of para-hydroxylation sites is 1. The van der Waals surface area contributed by atoms with Crippen LogP contribution in [-0.2, 0) is 20.1 Å². The van der Waals surface area contributed by atoms with E-state index in [9.17, 15) is 8.78 Å². The normalized spacial score (nSPS) is 12.3. The number of halogens is 2. The fourth-order valence-electron chi connectivity index (χ4n) is 2.20. The second-order valence-electron chi connectivity index (χ2n) is 5.34. The average molecular weight is 542 g/mol. The van der Waals surface area contributed by atoms with Crippen molar-refractivity contribution in [3.05, 3.63) is 97.8 Å². The van der Waals surface area contributed by atoms with Crippen LogP contribution < -0.4 is 4.90 Å². The van der Waals surface area contributed by atoms with E-state index < -0.39 is 11.9 Å². The van der Waals surface area contributed by atoms with Gasteiger partial charge < -0.3 is 14.8 Å². The Morgan fingerprint density at radius 1 is 1.04 bits per heavy atom. The molecule has 0 N–H and O–H groups in total. The van der Waals surface area contributed by atoms with E-state index in [1.807, 2.05) is 60.2 Å². The first-order valence-electron chi connectivity index (χ1n) is 7.79. The van der Waals surface area contributed by atoms with Gasteiger partial charge in [0.05, 0.1) is 0 Å². The van der Waals surface area contributed by atoms with Crippen LogP contribution in [0.4, 0.5) is 14.5 Å². The standard InChI is InChI=1S/C10H5F2N2.C10H10N2.Ir/c11-9-5-4-7(10(12)14-9)8-3-1-2-6-13-8;1-11-7-8-12(9-11)10-5-3-2-4-6-10;/h1-3,5-6H;2-5,7-9H,1H3;/q-1;-2;+3. The van der Waals surface area contributed by atoms with Gasteiger partial charge in [0.2, 0.25) is 0 Å². The zero-order valence-corrected chi connectivity index (χ0v) is 16.7. The number of aromatic nitrogens is 2. The fourth-order valence-corrected chi connectivity index (χ4v) is 2.20. The van der Waals surface area contributed by atoms with Gasteiger partial charge in [-0.25, -0.2) is 8.78 Å². The molecule has 4 rings (SSSR count). The summed E-state index contributed by atoms with van der Waals surface area (Å²) < 4.78 is 25.6. The molecule has 0 unspecified atom stereocenters. The summed E-state index contributed by atoms with van der Waals surface area (Å²) in [5.41, 5.74) is 1.53. The maximum atomic E-state index is 13.1. The molecule has 4 nitrogen and oxygen atoms in total. The van der Waals surface area contributed by atoms with Crippen molar-refractivity contribution >= 4 is 5.69 Å². The van der Waals surface area contributed by atoms with E-state index in [1.165, 1.54) is 6.20 Å². The summed E-state index contributed by atoms with van der Waals surface area (Å²) in [4.78, 5) is 11.0. The van der Waals surface area contributed by atoms with Crippen LogP contribution in [0.15, 0.2) is 67.1 Å². The molecule has 0 saturated carbocycles. The minimum absolute atomic E-state index is 0. The topological polar surface area (TPSA) is 32.3 Å². The van der Waals surface area contributed by atoms with Crippen LogP contribution in [0.5, 0.6) is 0 Å². The van der Waals surface area contributed by atoms with E-state index >= 15 is 0 Å². The Bertz CT molecular complexity index is 876. The van der Waals surface area contributed by atoms with Crippen LogP contribution >= 0.6 is 0 Å². The molecule has 0 atom stereocenters. The number of benzene rings is 1. The molecule has 7 heteroatoms. The Hall–Kier alpha value is -2.63. The van der Waals surface area contributed by atoms with E-state index in [0.29, 0.717) is 5.69 Å². The van der Waals surface area contributed by atoms with Gasteiger partial charge in [-0.1, -0.05) is 23.8 Å². The molecule has 0 saturated heterocycles. The largest absolute Gasteiger partial charge is 3.00 e. The molecule has 27 heavy (non-hydrogen) atoms. The Morgan fingerprint density at radius 3 is 2.44 bits per heavy atom. The summed E-state index contributed by atoms with van der Waals surface area (Å²) in [6.45, 7) is 2.01. The fraction of sp³-hybridized carbons (Fsp3) is 0.0500. The molecule has 0 spiro atoms. The number of anilines is 1. The number of hydrogen-bond acceptors (Lipinski definition) is 4. The average Bonchev–Trinajstić information content (AvgIpc) is 3.10. The Kier molecular flexibility index (Phi) is 7.58. The summed E-state index contributed by atoms with van der Waals surface area (Å²) in [5.74, 6) is -1.79. The molecule has 138 valence electrons. The first-order valence-corrected chi connectivity index (χ1v) is 7.79. The van der Waals surface area contributed by atoms with Gasteiger partial charge in [-0.15, -0.1) is 11.8 Å². The molecular weight excluding hydrogens is 526 g/mol. The molecule has 1 aromatic carbocycles. The summed E-state index contributed by atoms with van der Waals surface area (Å²) >= 11 is 0. The van der Waals surface area contributed by atoms with Crippen LogP contribution in [-0.4, -0.2) is 21.9 Å². The zero-order chi connectivity index (χ0) is 18.4. The summed E-state index contributed by atoms with van der Waals surface area (Å²) in [6.07, 6.45) is 5.53. The summed E-state index contributed by atoms with van der Waals surface area (Å²) in [5, 5.41) is 0. The third-order valence-corrected chi connectivity index (χ3v) is 3.41. The number of nitrogens with zero attached hydrogens (tertiary/aromatic N) is 4. The van der Waals surface area contributed by atoms with Crippen molar-refractivity contribution in [2.45, 2.75) is 0 Å². The summed E-state index contributed by atoms with van der Waals surface area (Å²) in [6, 6.07) is 19.5. The van der Waals surface area contributed by atoms with Crippen molar-refractivity contribution in [3.8, 4) is 11.3 Å². The van der Waals surface area contributed by atoms with Gasteiger partial charge in [0, 0.05) is 6.20 Å². The van der Waals surface area contributed by atoms with Gasteiger partial charge >= 0.3 is 20.1 Å². The van der Waals surface area contributed by atoms with Gasteiger partial charge in [-0.3, -0.25) is 4.98 Å². The van der Waals surface area contributed by atoms with Gasteiger partial charge in [-0.2, -0.15) is 37.0 Å². The number of pyridine rings is 2. The van der Waals surface area contributed by atoms with Crippen LogP contribution in [0.2, 0.25) is 0 Å². The van der Waals surface area contributed by atoms with Gasteiger partial charge in [-0.05, 0) is 31.2 Å². The van der Waals surface area contributed by atoms with Crippen LogP contribution in [0, 0.1) is 30.7 Å². The molecule has 0 fully saturated rings. The molecule has 3 heterocycles. The monoisotopic (exact) mass is 542 g/mol. The van der Waals surface area contributed by atoms with Gasteiger partial charge in [0.1, 0.15) is 11.9 Å². The van der Waals surface area contributed by atoms with Crippen molar-refractivity contribution in [2.24, 2.45) is 0 Å². The van der Waals surface area contributed by atoms with Gasteiger partial charge in [0.15, 0.2) is 0 Å². The number of hydrogen-bond donors (Lipinski definition) is 0. The van der Waals surface area contributed by atoms with Crippen molar-refractivity contribution < 1.29 is 28.9 Å². The molecule has 0 bridgehead atoms. The molecule has 1 aliphatic rings. The van der Waals surface area contributed by atoms with Crippen LogP contribution in [0.3, 0.4) is 0 Å². The minimum atomic E-state index is -0.899. The molecule has 0 radical (unpaired) electrons. The minimum Gasteiger partial charge on any atom is -0.510 e. The van der Waals surface area contributed by atoms with Crippen LogP contribution in [0.25, 0.3) is 11.3 Å². The first kappa shape index (κ1) is 20.7. The first-order chi connectivity index (χ1) is 12.6. The van der Waals surface area contributed by atoms with Gasteiger partial charge in [0.25, 0.3) is 0 Å². The molecule has 0 aliphatic carbocycles. The third kappa shape index (κ3) is 5.67. The zero-order valence-electron chi connectivity index (χ0n) is 14.3. The van der Waals surface area contributed by atoms with Crippen LogP contribution in [0.1, 0.15) is 0 Å². The van der Waals surface area contributed by atoms with Crippen molar-refractivity contribution in [1.29, 1.82) is 0 Å². The smallest absolute Gasteiger partial charge is 0.510 e. The Morgan fingerprint density at radius 2 is 1.85 bits per heavy atom. The van der Waals surface area contributed by atoms with E-state index in [-0.39, 0.29) is 25.7 Å². The maximum Gasteiger partial charge on any atom is 3.00 e. The Balaban J connectivity index is 0.000000189. The van der Waals surface area contributed by atoms with E-state index in [0.717, 1.165) is 11.8 Å². The number of rotatable bonds is 2. The maximum absolute atomic E-state index is 13.1. The predicted octanol–water partition coefficient (Wildman–Crippen LogP) is 4.05. The summed E-state index contributed by atoms with van der Waals surface area (Å²) in [7, 11) is 2.00. The second-order valence-corrected chi connectivity index (χ2v) is 5.34. The molecule has 2 aromatic heterocycles. The van der Waals surface area contributed by atoms with E-state index in [1.54, 1.807) is 18.2 Å². The van der Waals surface area contributed by atoms with Crippen molar-refractivity contribution in [2.75, 3.05) is 11.9 Å². The predicted molar refractivity (Wildman–Crippen MR) is 95.2 cm³/mol. The van der Waals surface area contributed by atoms with E-state index in [2.05, 4.69) is 22.1 Å². The third-order valence-electron chi connectivity index (χ3n) is 3.41. The Labute approximate surface area is 170 Å². The quantitative estimate of drug-likeness (QED) is 0.362. The van der Waals surface area contributed by atoms with Crippen molar-refractivity contribution in [3.63, 3.8) is 0 Å². The van der Waals surface area contributed by atoms with E-state index in [4.69, 9.17) is 0 Å². The molecule has 3 aromatic rings. The van der Waals surface area contributed by atoms with Crippen molar-refractivity contribution in [1.82, 2.24) is 14.9 Å². The SMILES string of the molecule is CN1C=CN(c2[c-]cccc2)[CH-]1.Fc1c[c-]c(-c2ccccn2)c(F)n1.[Ir+3]. The molecular formula is C20H15F2IrN4. The molecule has 1 aliphatic heterocycles.